The van der Waals surface area contributed by atoms with Crippen molar-refractivity contribution in [1.29, 1.82) is 0 Å². The predicted molar refractivity (Wildman–Crippen MR) is 59.5 cm³/mol. The number of aldehydes is 1. The first kappa shape index (κ1) is 13.0. The lowest BCUT2D eigenvalue weighted by molar-refractivity contribution is -0.138. The summed E-state index contributed by atoms with van der Waals surface area (Å²) in [6.45, 7) is 0. The average molecular weight is 239 g/mol. The number of aliphatic carboxylic acids is 1. The second-order valence-corrected chi connectivity index (χ2v) is 3.27. The lowest BCUT2D eigenvalue weighted by Crippen LogP contribution is -2.22. The molecule has 0 bridgehead atoms. The SMILES string of the molecule is COc1cc(C=O)c(C(N)C(=O)O)cc1OC. The zero-order chi connectivity index (χ0) is 13.0. The molecule has 3 N–H and O–H groups in total. The molecule has 1 rings (SSSR count). The molecule has 1 aromatic rings. The number of hydrogen-bond donors (Lipinski definition) is 2. The van der Waals surface area contributed by atoms with Crippen LogP contribution in [0.5, 0.6) is 11.5 Å². The molecule has 0 aliphatic heterocycles. The van der Waals surface area contributed by atoms with Crippen molar-refractivity contribution in [2.45, 2.75) is 6.04 Å². The Labute approximate surface area is 97.9 Å². The molecular formula is C11H13NO5. The zero-order valence-corrected chi connectivity index (χ0v) is 9.47. The predicted octanol–water partition coefficient (Wildman–Crippen LogP) is 0.601. The Kier molecular flexibility index (Phi) is 4.06. The van der Waals surface area contributed by atoms with Crippen LogP contribution in [0, 0.1) is 0 Å². The topological polar surface area (TPSA) is 98.9 Å². The summed E-state index contributed by atoms with van der Waals surface area (Å²) < 4.78 is 10.0. The van der Waals surface area contributed by atoms with Crippen LogP contribution in [-0.4, -0.2) is 31.6 Å². The molecule has 0 aliphatic carbocycles. The molecule has 92 valence electrons. The molecule has 6 heteroatoms. The Bertz CT molecular complexity index is 444. The van der Waals surface area contributed by atoms with Gasteiger partial charge in [0, 0.05) is 5.56 Å². The van der Waals surface area contributed by atoms with E-state index in [-0.39, 0.29) is 11.1 Å². The third-order valence-electron chi connectivity index (χ3n) is 2.32. The third kappa shape index (κ3) is 2.54. The summed E-state index contributed by atoms with van der Waals surface area (Å²) in [4.78, 5) is 21.7. The van der Waals surface area contributed by atoms with Gasteiger partial charge in [0.25, 0.3) is 0 Å². The molecular weight excluding hydrogens is 226 g/mol. The molecule has 17 heavy (non-hydrogen) atoms. The van der Waals surface area contributed by atoms with E-state index < -0.39 is 12.0 Å². The van der Waals surface area contributed by atoms with Crippen LogP contribution in [0.4, 0.5) is 0 Å². The highest BCUT2D eigenvalue weighted by atomic mass is 16.5. The van der Waals surface area contributed by atoms with Crippen molar-refractivity contribution < 1.29 is 24.2 Å². The quantitative estimate of drug-likeness (QED) is 0.730. The number of nitrogens with two attached hydrogens (primary N) is 1. The Hall–Kier alpha value is -2.08. The summed E-state index contributed by atoms with van der Waals surface area (Å²) in [6, 6.07) is 1.50. The summed E-state index contributed by atoms with van der Waals surface area (Å²) in [5.74, 6) is -0.555. The van der Waals surface area contributed by atoms with Crippen molar-refractivity contribution in [3.8, 4) is 11.5 Å². The van der Waals surface area contributed by atoms with E-state index in [4.69, 9.17) is 20.3 Å². The molecule has 0 saturated heterocycles. The monoisotopic (exact) mass is 239 g/mol. The highest BCUT2D eigenvalue weighted by molar-refractivity contribution is 5.85. The molecule has 1 unspecified atom stereocenters. The summed E-state index contributed by atoms with van der Waals surface area (Å²) in [5, 5.41) is 8.83. The van der Waals surface area contributed by atoms with Gasteiger partial charge in [0.1, 0.15) is 6.04 Å². The van der Waals surface area contributed by atoms with Crippen LogP contribution in [0.25, 0.3) is 0 Å². The summed E-state index contributed by atoms with van der Waals surface area (Å²) in [6.07, 6.45) is 0.528. The Balaban J connectivity index is 3.38. The van der Waals surface area contributed by atoms with Crippen LogP contribution in [0.15, 0.2) is 12.1 Å². The number of carbonyl (C=O) groups excluding carboxylic acids is 1. The minimum atomic E-state index is -1.28. The van der Waals surface area contributed by atoms with Gasteiger partial charge in [0.15, 0.2) is 17.8 Å². The number of carboxylic acid groups (broad SMARTS) is 1. The van der Waals surface area contributed by atoms with Gasteiger partial charge >= 0.3 is 5.97 Å². The van der Waals surface area contributed by atoms with Crippen molar-refractivity contribution in [3.63, 3.8) is 0 Å². The van der Waals surface area contributed by atoms with Gasteiger partial charge in [0.05, 0.1) is 14.2 Å². The van der Waals surface area contributed by atoms with Crippen molar-refractivity contribution >= 4 is 12.3 Å². The number of carboxylic acids is 1. The number of ether oxygens (including phenoxy) is 2. The fraction of sp³-hybridized carbons (Fsp3) is 0.273. The fourth-order valence-electron chi connectivity index (χ4n) is 1.41. The van der Waals surface area contributed by atoms with Gasteiger partial charge in [-0.15, -0.1) is 0 Å². The molecule has 0 spiro atoms. The van der Waals surface area contributed by atoms with Gasteiger partial charge in [-0.3, -0.25) is 9.59 Å². The minimum absolute atomic E-state index is 0.164. The van der Waals surface area contributed by atoms with Crippen LogP contribution in [0.2, 0.25) is 0 Å². The lowest BCUT2D eigenvalue weighted by Gasteiger charge is -2.14. The van der Waals surface area contributed by atoms with E-state index in [1.165, 1.54) is 26.4 Å². The largest absolute Gasteiger partial charge is 0.493 e. The van der Waals surface area contributed by atoms with E-state index in [1.807, 2.05) is 0 Å². The van der Waals surface area contributed by atoms with Gasteiger partial charge in [-0.2, -0.15) is 0 Å². The van der Waals surface area contributed by atoms with Gasteiger partial charge in [-0.1, -0.05) is 0 Å². The summed E-state index contributed by atoms with van der Waals surface area (Å²) in [7, 11) is 2.83. The number of rotatable bonds is 5. The molecule has 0 fully saturated rings. The van der Waals surface area contributed by atoms with Crippen molar-refractivity contribution in [2.75, 3.05) is 14.2 Å². The minimum Gasteiger partial charge on any atom is -0.493 e. The average Bonchev–Trinajstić information content (AvgIpc) is 2.35. The van der Waals surface area contributed by atoms with E-state index in [9.17, 15) is 9.59 Å². The highest BCUT2D eigenvalue weighted by Gasteiger charge is 2.20. The van der Waals surface area contributed by atoms with Crippen molar-refractivity contribution in [2.24, 2.45) is 5.73 Å². The van der Waals surface area contributed by atoms with Gasteiger partial charge in [-0.05, 0) is 17.7 Å². The first-order valence-corrected chi connectivity index (χ1v) is 4.74. The second-order valence-electron chi connectivity index (χ2n) is 3.27. The van der Waals surface area contributed by atoms with Crippen LogP contribution in [0.1, 0.15) is 22.0 Å². The number of hydrogen-bond acceptors (Lipinski definition) is 5. The maximum absolute atomic E-state index is 10.9. The molecule has 0 amide bonds. The highest BCUT2D eigenvalue weighted by Crippen LogP contribution is 2.32. The van der Waals surface area contributed by atoms with Gasteiger partial charge in [-0.25, -0.2) is 0 Å². The molecule has 0 aliphatic rings. The van der Waals surface area contributed by atoms with Gasteiger partial charge < -0.3 is 20.3 Å². The second kappa shape index (κ2) is 5.31. The van der Waals surface area contributed by atoms with E-state index in [0.29, 0.717) is 17.8 Å². The van der Waals surface area contributed by atoms with E-state index >= 15 is 0 Å². The summed E-state index contributed by atoms with van der Waals surface area (Å²) >= 11 is 0. The van der Waals surface area contributed by atoms with Crippen molar-refractivity contribution in [1.82, 2.24) is 0 Å². The van der Waals surface area contributed by atoms with E-state index in [0.717, 1.165) is 0 Å². The number of benzene rings is 1. The molecule has 0 saturated carbocycles. The Morgan fingerprint density at radius 2 is 1.88 bits per heavy atom. The molecule has 0 radical (unpaired) electrons. The van der Waals surface area contributed by atoms with Gasteiger partial charge in [0.2, 0.25) is 0 Å². The Morgan fingerprint density at radius 1 is 1.35 bits per heavy atom. The van der Waals surface area contributed by atoms with Crippen LogP contribution in [0.3, 0.4) is 0 Å². The van der Waals surface area contributed by atoms with E-state index in [2.05, 4.69) is 0 Å². The van der Waals surface area contributed by atoms with E-state index in [1.54, 1.807) is 0 Å². The molecule has 6 nitrogen and oxygen atoms in total. The maximum Gasteiger partial charge on any atom is 0.325 e. The Morgan fingerprint density at radius 3 is 2.29 bits per heavy atom. The molecule has 0 heterocycles. The van der Waals surface area contributed by atoms with Crippen molar-refractivity contribution in [3.05, 3.63) is 23.3 Å². The summed E-state index contributed by atoms with van der Waals surface area (Å²) in [5.41, 5.74) is 5.82. The van der Waals surface area contributed by atoms with Crippen LogP contribution < -0.4 is 15.2 Å². The maximum atomic E-state index is 10.9. The fourth-order valence-corrected chi connectivity index (χ4v) is 1.41. The van der Waals surface area contributed by atoms with Crippen LogP contribution in [-0.2, 0) is 4.79 Å². The molecule has 1 atom stereocenters. The molecule has 1 aromatic carbocycles. The third-order valence-corrected chi connectivity index (χ3v) is 2.32. The van der Waals surface area contributed by atoms with Crippen LogP contribution >= 0.6 is 0 Å². The molecule has 0 aromatic heterocycles. The lowest BCUT2D eigenvalue weighted by atomic mass is 10.0. The zero-order valence-electron chi connectivity index (χ0n) is 9.47. The smallest absolute Gasteiger partial charge is 0.325 e. The normalized spacial score (nSPS) is 11.7. The first-order valence-electron chi connectivity index (χ1n) is 4.74. The first-order chi connectivity index (χ1) is 8.04. The standard InChI is InChI=1S/C11H13NO5/c1-16-8-3-6(5-13)7(4-9(8)17-2)10(12)11(14)15/h3-5,10H,12H2,1-2H3,(H,14,15). The number of methoxy groups -OCH3 is 2. The number of carbonyl (C=O) groups is 2.